The highest BCUT2D eigenvalue weighted by Gasteiger charge is 2.26. The van der Waals surface area contributed by atoms with E-state index in [1.54, 1.807) is 12.3 Å². The number of ether oxygens (including phenoxy) is 2. The molecular formula is C20H23BrFN3O4. The van der Waals surface area contributed by atoms with Gasteiger partial charge in [-0.05, 0) is 40.5 Å². The van der Waals surface area contributed by atoms with Gasteiger partial charge in [-0.1, -0.05) is 0 Å². The molecule has 2 heterocycles. The summed E-state index contributed by atoms with van der Waals surface area (Å²) in [5.74, 6) is -0.0150. The van der Waals surface area contributed by atoms with E-state index in [9.17, 15) is 14.3 Å². The van der Waals surface area contributed by atoms with E-state index in [2.05, 4.69) is 31.1 Å². The van der Waals surface area contributed by atoms with Crippen LogP contribution in [0.5, 0.6) is 11.6 Å². The molecule has 3 rings (SSSR count). The van der Waals surface area contributed by atoms with E-state index in [-0.39, 0.29) is 24.4 Å². The Hall–Kier alpha value is -2.23. The lowest BCUT2D eigenvalue weighted by Crippen LogP contribution is -2.35. The number of nitrogens with one attached hydrogen (secondary N) is 1. The number of β-amino-alcohol motifs (C(OH)–C–C–N with tert-alkyl or cyclic N) is 1. The Morgan fingerprint density at radius 1 is 1.45 bits per heavy atom. The fourth-order valence-corrected chi connectivity index (χ4v) is 3.34. The minimum absolute atomic E-state index is 0.00591. The van der Waals surface area contributed by atoms with Crippen LogP contribution in [-0.4, -0.2) is 59.3 Å². The number of carbonyl (C=O) groups is 1. The van der Waals surface area contributed by atoms with E-state index in [4.69, 9.17) is 9.47 Å². The van der Waals surface area contributed by atoms with E-state index in [0.29, 0.717) is 24.7 Å². The van der Waals surface area contributed by atoms with Gasteiger partial charge in [0.25, 0.3) is 0 Å². The third kappa shape index (κ3) is 6.66. The monoisotopic (exact) mass is 467 g/mol. The molecule has 1 fully saturated rings. The molecule has 2 atom stereocenters. The lowest BCUT2D eigenvalue weighted by molar-refractivity contribution is -0.114. The maximum Gasteiger partial charge on any atom is 0.221 e. The molecule has 0 spiro atoms. The van der Waals surface area contributed by atoms with Gasteiger partial charge in [0.2, 0.25) is 11.8 Å². The van der Waals surface area contributed by atoms with E-state index in [1.165, 1.54) is 25.1 Å². The largest absolute Gasteiger partial charge is 0.489 e. The van der Waals surface area contributed by atoms with Gasteiger partial charge in [0.05, 0.1) is 5.69 Å². The van der Waals surface area contributed by atoms with Gasteiger partial charge in [0, 0.05) is 49.4 Å². The molecule has 1 amide bonds. The first kappa shape index (κ1) is 21.5. The predicted octanol–water partition coefficient (Wildman–Crippen LogP) is 2.83. The third-order valence-electron chi connectivity index (χ3n) is 4.37. The Balaban J connectivity index is 1.46. The summed E-state index contributed by atoms with van der Waals surface area (Å²) in [6.45, 7) is 3.20. The van der Waals surface area contributed by atoms with Crippen molar-refractivity contribution in [2.75, 3.05) is 31.6 Å². The van der Waals surface area contributed by atoms with Crippen molar-refractivity contribution in [3.05, 3.63) is 46.8 Å². The Morgan fingerprint density at radius 2 is 2.28 bits per heavy atom. The topological polar surface area (TPSA) is 83.9 Å². The highest BCUT2D eigenvalue weighted by molar-refractivity contribution is 9.10. The van der Waals surface area contributed by atoms with Crippen molar-refractivity contribution in [3.63, 3.8) is 0 Å². The molecule has 1 aromatic heterocycles. The van der Waals surface area contributed by atoms with E-state index in [1.807, 2.05) is 6.07 Å². The van der Waals surface area contributed by atoms with Crippen LogP contribution >= 0.6 is 15.9 Å². The molecule has 1 aliphatic heterocycles. The molecule has 0 bridgehead atoms. The van der Waals surface area contributed by atoms with Gasteiger partial charge in [-0.15, -0.1) is 0 Å². The number of pyridine rings is 1. The summed E-state index contributed by atoms with van der Waals surface area (Å²) < 4.78 is 25.8. The molecule has 7 nitrogen and oxygen atoms in total. The summed E-state index contributed by atoms with van der Waals surface area (Å²) in [5, 5.41) is 12.9. The Bertz CT molecular complexity index is 837. The van der Waals surface area contributed by atoms with Crippen LogP contribution in [0.4, 0.5) is 10.1 Å². The number of rotatable bonds is 8. The highest BCUT2D eigenvalue weighted by atomic mass is 79.9. The lowest BCUT2D eigenvalue weighted by atomic mass is 10.2. The van der Waals surface area contributed by atoms with Crippen LogP contribution in [0.2, 0.25) is 0 Å². The number of aromatic nitrogens is 1. The van der Waals surface area contributed by atoms with Gasteiger partial charge in [0.15, 0.2) is 0 Å². The molecule has 1 aliphatic rings. The van der Waals surface area contributed by atoms with Crippen LogP contribution in [0, 0.1) is 5.82 Å². The quantitative estimate of drug-likeness (QED) is 0.620. The van der Waals surface area contributed by atoms with Crippen molar-refractivity contribution in [2.45, 2.75) is 25.6 Å². The SMILES string of the molecule is CC(=O)Nc1ccc(F)cc1OC[C@H](O)CN1CCC(Oc2ccc(Br)cn2)C1. The summed E-state index contributed by atoms with van der Waals surface area (Å²) in [4.78, 5) is 17.6. The first-order valence-electron chi connectivity index (χ1n) is 9.27. The Morgan fingerprint density at radius 3 is 3.00 bits per heavy atom. The van der Waals surface area contributed by atoms with Gasteiger partial charge < -0.3 is 19.9 Å². The number of halogens is 2. The van der Waals surface area contributed by atoms with E-state index in [0.717, 1.165) is 17.4 Å². The number of aliphatic hydroxyl groups excluding tert-OH is 1. The molecule has 2 N–H and O–H groups in total. The predicted molar refractivity (Wildman–Crippen MR) is 110 cm³/mol. The zero-order valence-corrected chi connectivity index (χ0v) is 17.6. The summed E-state index contributed by atoms with van der Waals surface area (Å²) >= 11 is 3.34. The molecular weight excluding hydrogens is 445 g/mol. The van der Waals surface area contributed by atoms with Crippen molar-refractivity contribution >= 4 is 27.5 Å². The van der Waals surface area contributed by atoms with Crippen LogP contribution in [0.1, 0.15) is 13.3 Å². The van der Waals surface area contributed by atoms with Crippen LogP contribution in [0.3, 0.4) is 0 Å². The summed E-state index contributed by atoms with van der Waals surface area (Å²) in [6.07, 6.45) is 1.76. The van der Waals surface area contributed by atoms with Crippen LogP contribution < -0.4 is 14.8 Å². The number of hydrogen-bond acceptors (Lipinski definition) is 6. The van der Waals surface area contributed by atoms with Crippen molar-refractivity contribution in [1.82, 2.24) is 9.88 Å². The van der Waals surface area contributed by atoms with Crippen molar-refractivity contribution in [1.29, 1.82) is 0 Å². The number of hydrogen-bond donors (Lipinski definition) is 2. The highest BCUT2D eigenvalue weighted by Crippen LogP contribution is 2.26. The molecule has 9 heteroatoms. The zero-order chi connectivity index (χ0) is 20.8. The zero-order valence-electron chi connectivity index (χ0n) is 16.0. The second-order valence-electron chi connectivity index (χ2n) is 6.89. The molecule has 1 saturated heterocycles. The van der Waals surface area contributed by atoms with Crippen molar-refractivity contribution in [2.24, 2.45) is 0 Å². The minimum atomic E-state index is -0.770. The normalized spacial score (nSPS) is 17.7. The first-order chi connectivity index (χ1) is 13.9. The first-order valence-corrected chi connectivity index (χ1v) is 10.1. The molecule has 1 unspecified atom stereocenters. The molecule has 0 saturated carbocycles. The second-order valence-corrected chi connectivity index (χ2v) is 7.80. The van der Waals surface area contributed by atoms with Crippen molar-refractivity contribution < 1.29 is 23.8 Å². The van der Waals surface area contributed by atoms with E-state index < -0.39 is 11.9 Å². The van der Waals surface area contributed by atoms with Crippen LogP contribution in [0.25, 0.3) is 0 Å². The maximum absolute atomic E-state index is 13.5. The standard InChI is InChI=1S/C20H23BrFN3O4/c1-13(26)24-18-4-3-15(22)8-19(18)28-12-16(27)10-25-7-6-17(11-25)29-20-5-2-14(21)9-23-20/h2-5,8-9,16-17,27H,6-7,10-12H2,1H3,(H,24,26)/t16-,17?/m1/s1. The molecule has 0 aliphatic carbocycles. The van der Waals surface area contributed by atoms with Crippen LogP contribution in [-0.2, 0) is 4.79 Å². The average molecular weight is 468 g/mol. The van der Waals surface area contributed by atoms with Gasteiger partial charge in [-0.3, -0.25) is 9.69 Å². The van der Waals surface area contributed by atoms with Crippen molar-refractivity contribution in [3.8, 4) is 11.6 Å². The number of likely N-dealkylation sites (tertiary alicyclic amines) is 1. The summed E-state index contributed by atoms with van der Waals surface area (Å²) in [6, 6.07) is 7.53. The number of carbonyl (C=O) groups excluding carboxylic acids is 1. The van der Waals surface area contributed by atoms with Crippen LogP contribution in [0.15, 0.2) is 41.0 Å². The summed E-state index contributed by atoms with van der Waals surface area (Å²) in [5.41, 5.74) is 0.364. The molecule has 2 aromatic rings. The smallest absolute Gasteiger partial charge is 0.221 e. The van der Waals surface area contributed by atoms with Gasteiger partial charge in [-0.2, -0.15) is 0 Å². The number of nitrogens with zero attached hydrogens (tertiary/aromatic N) is 2. The van der Waals surface area contributed by atoms with Gasteiger partial charge in [-0.25, -0.2) is 9.37 Å². The third-order valence-corrected chi connectivity index (χ3v) is 4.84. The number of benzene rings is 1. The summed E-state index contributed by atoms with van der Waals surface area (Å²) in [7, 11) is 0. The fraction of sp³-hybridized carbons (Fsp3) is 0.400. The Kier molecular flexibility index (Phi) is 7.40. The lowest BCUT2D eigenvalue weighted by Gasteiger charge is -2.21. The molecule has 156 valence electrons. The maximum atomic E-state index is 13.5. The average Bonchev–Trinajstić information content (AvgIpc) is 3.10. The molecule has 29 heavy (non-hydrogen) atoms. The number of anilines is 1. The Labute approximate surface area is 177 Å². The minimum Gasteiger partial charge on any atom is -0.489 e. The van der Waals surface area contributed by atoms with Gasteiger partial charge >= 0.3 is 0 Å². The number of aliphatic hydroxyl groups is 1. The van der Waals surface area contributed by atoms with Gasteiger partial charge in [0.1, 0.15) is 30.4 Å². The fourth-order valence-electron chi connectivity index (χ4n) is 3.11. The molecule has 0 radical (unpaired) electrons. The molecule has 1 aromatic carbocycles. The number of amides is 1. The second kappa shape index (κ2) is 10.00. The van der Waals surface area contributed by atoms with E-state index >= 15 is 0 Å².